The quantitative estimate of drug-likeness (QED) is 0.878. The summed E-state index contributed by atoms with van der Waals surface area (Å²) in [6.45, 7) is 9.88. The number of anilines is 2. The fourth-order valence-electron chi connectivity index (χ4n) is 1.70. The van der Waals surface area contributed by atoms with Crippen LogP contribution in [0.4, 0.5) is 11.6 Å². The zero-order valence-corrected chi connectivity index (χ0v) is 11.5. The number of nitrogens with one attached hydrogen (secondary N) is 1. The van der Waals surface area contributed by atoms with E-state index in [0.717, 1.165) is 40.0 Å². The van der Waals surface area contributed by atoms with Gasteiger partial charge in [0.05, 0.1) is 17.1 Å². The molecule has 0 amide bonds. The van der Waals surface area contributed by atoms with E-state index in [-0.39, 0.29) is 0 Å². The molecular formula is C14H18N4. The Labute approximate surface area is 108 Å². The van der Waals surface area contributed by atoms with Crippen molar-refractivity contribution in [1.29, 1.82) is 0 Å². The minimum absolute atomic E-state index is 0.777. The Morgan fingerprint density at radius 3 is 2.11 bits per heavy atom. The van der Waals surface area contributed by atoms with Crippen LogP contribution in [0.2, 0.25) is 0 Å². The highest BCUT2D eigenvalue weighted by Crippen LogP contribution is 2.20. The molecule has 18 heavy (non-hydrogen) atoms. The Balaban J connectivity index is 2.40. The minimum Gasteiger partial charge on any atom is -0.323 e. The van der Waals surface area contributed by atoms with E-state index in [1.807, 2.05) is 40.7 Å². The van der Waals surface area contributed by atoms with Crippen LogP contribution in [0.3, 0.4) is 0 Å². The molecule has 0 saturated carbocycles. The number of hydrogen-bond acceptors (Lipinski definition) is 4. The van der Waals surface area contributed by atoms with Crippen molar-refractivity contribution in [3.8, 4) is 0 Å². The molecule has 0 spiro atoms. The van der Waals surface area contributed by atoms with Crippen LogP contribution in [-0.4, -0.2) is 15.0 Å². The second kappa shape index (κ2) is 4.72. The van der Waals surface area contributed by atoms with Gasteiger partial charge >= 0.3 is 0 Å². The van der Waals surface area contributed by atoms with Crippen LogP contribution in [-0.2, 0) is 0 Å². The smallest absolute Gasteiger partial charge is 0.153 e. The Morgan fingerprint density at radius 1 is 0.722 bits per heavy atom. The lowest BCUT2D eigenvalue weighted by atomic mass is 10.2. The lowest BCUT2D eigenvalue weighted by Gasteiger charge is -2.12. The monoisotopic (exact) mass is 242 g/mol. The molecular weight excluding hydrogens is 224 g/mol. The van der Waals surface area contributed by atoms with E-state index < -0.39 is 0 Å². The van der Waals surface area contributed by atoms with Gasteiger partial charge in [-0.05, 0) is 46.2 Å². The van der Waals surface area contributed by atoms with Gasteiger partial charge in [0.25, 0.3) is 0 Å². The first-order valence-electron chi connectivity index (χ1n) is 6.00. The third-order valence-corrected chi connectivity index (χ3v) is 2.95. The first kappa shape index (κ1) is 12.5. The molecule has 0 aliphatic heterocycles. The summed E-state index contributed by atoms with van der Waals surface area (Å²) >= 11 is 0. The van der Waals surface area contributed by atoms with E-state index in [9.17, 15) is 0 Å². The molecule has 94 valence electrons. The molecule has 0 atom stereocenters. The van der Waals surface area contributed by atoms with Crippen LogP contribution in [0.5, 0.6) is 0 Å². The molecule has 2 rings (SSSR count). The molecule has 2 aromatic rings. The second-order valence-corrected chi connectivity index (χ2v) is 4.57. The highest BCUT2D eigenvalue weighted by atomic mass is 15.1. The second-order valence-electron chi connectivity index (χ2n) is 4.57. The molecule has 0 bridgehead atoms. The van der Waals surface area contributed by atoms with Crippen molar-refractivity contribution < 1.29 is 0 Å². The van der Waals surface area contributed by atoms with E-state index >= 15 is 0 Å². The minimum atomic E-state index is 0.777. The zero-order valence-electron chi connectivity index (χ0n) is 11.5. The summed E-state index contributed by atoms with van der Waals surface area (Å²) in [6, 6.07) is 4.05. The van der Waals surface area contributed by atoms with Crippen LogP contribution in [0, 0.1) is 34.6 Å². The molecule has 0 aliphatic carbocycles. The highest BCUT2D eigenvalue weighted by Gasteiger charge is 2.08. The lowest BCUT2D eigenvalue weighted by molar-refractivity contribution is 1.00. The fourth-order valence-corrected chi connectivity index (χ4v) is 1.70. The maximum atomic E-state index is 4.52. The molecule has 0 aliphatic rings. The zero-order chi connectivity index (χ0) is 13.3. The molecule has 1 N–H and O–H groups in total. The largest absolute Gasteiger partial charge is 0.323 e. The summed E-state index contributed by atoms with van der Waals surface area (Å²) < 4.78 is 0. The van der Waals surface area contributed by atoms with Crippen molar-refractivity contribution in [1.82, 2.24) is 15.0 Å². The van der Waals surface area contributed by atoms with Gasteiger partial charge in [-0.1, -0.05) is 6.07 Å². The van der Waals surface area contributed by atoms with Crippen LogP contribution < -0.4 is 5.32 Å². The SMILES string of the molecule is Cc1ccc(C)c(Nc2nc(C)c(C)nc2C)n1. The Bertz CT molecular complexity index is 591. The topological polar surface area (TPSA) is 50.7 Å². The number of hydrogen-bond donors (Lipinski definition) is 1. The Kier molecular flexibility index (Phi) is 3.28. The average molecular weight is 242 g/mol. The summed E-state index contributed by atoms with van der Waals surface area (Å²) in [5, 5.41) is 3.26. The Morgan fingerprint density at radius 2 is 1.39 bits per heavy atom. The van der Waals surface area contributed by atoms with Crippen molar-refractivity contribution in [2.45, 2.75) is 34.6 Å². The van der Waals surface area contributed by atoms with Gasteiger partial charge in [-0.15, -0.1) is 0 Å². The predicted molar refractivity (Wildman–Crippen MR) is 73.2 cm³/mol. The van der Waals surface area contributed by atoms with E-state index in [2.05, 4.69) is 26.3 Å². The van der Waals surface area contributed by atoms with Crippen molar-refractivity contribution in [3.05, 3.63) is 40.5 Å². The van der Waals surface area contributed by atoms with Gasteiger partial charge in [-0.25, -0.2) is 9.97 Å². The van der Waals surface area contributed by atoms with Crippen LogP contribution >= 0.6 is 0 Å². The summed E-state index contributed by atoms with van der Waals surface area (Å²) in [4.78, 5) is 13.5. The van der Waals surface area contributed by atoms with Crippen LogP contribution in [0.1, 0.15) is 28.3 Å². The third kappa shape index (κ3) is 2.47. The van der Waals surface area contributed by atoms with E-state index in [0.29, 0.717) is 0 Å². The standard InChI is InChI=1S/C14H18N4/c1-8-6-7-9(2)15-13(8)18-14-12(5)16-10(3)11(4)17-14/h6-7H,1-5H3,(H,15,17,18). The van der Waals surface area contributed by atoms with Crippen molar-refractivity contribution in [2.24, 2.45) is 0 Å². The first-order valence-corrected chi connectivity index (χ1v) is 6.00. The molecule has 0 fully saturated rings. The molecule has 0 aromatic carbocycles. The first-order chi connectivity index (χ1) is 8.47. The Hall–Kier alpha value is -1.97. The summed E-state index contributed by atoms with van der Waals surface area (Å²) in [7, 11) is 0. The van der Waals surface area contributed by atoms with E-state index in [1.54, 1.807) is 0 Å². The van der Waals surface area contributed by atoms with Gasteiger partial charge in [0, 0.05) is 5.69 Å². The summed E-state index contributed by atoms with van der Waals surface area (Å²) in [6.07, 6.45) is 0. The molecule has 4 nitrogen and oxygen atoms in total. The molecule has 2 aromatic heterocycles. The predicted octanol–water partition coefficient (Wildman–Crippen LogP) is 3.16. The highest BCUT2D eigenvalue weighted by molar-refractivity contribution is 5.57. The van der Waals surface area contributed by atoms with Gasteiger partial charge in [0.1, 0.15) is 5.82 Å². The van der Waals surface area contributed by atoms with Crippen LogP contribution in [0.25, 0.3) is 0 Å². The van der Waals surface area contributed by atoms with Crippen molar-refractivity contribution in [3.63, 3.8) is 0 Å². The van der Waals surface area contributed by atoms with Crippen molar-refractivity contribution in [2.75, 3.05) is 5.32 Å². The number of nitrogens with zero attached hydrogens (tertiary/aromatic N) is 3. The average Bonchev–Trinajstić information content (AvgIpc) is 2.30. The maximum Gasteiger partial charge on any atom is 0.153 e. The fraction of sp³-hybridized carbons (Fsp3) is 0.357. The van der Waals surface area contributed by atoms with E-state index in [4.69, 9.17) is 0 Å². The van der Waals surface area contributed by atoms with Gasteiger partial charge in [0.15, 0.2) is 5.82 Å². The molecule has 4 heteroatoms. The van der Waals surface area contributed by atoms with Gasteiger partial charge in [-0.2, -0.15) is 0 Å². The van der Waals surface area contributed by atoms with Gasteiger partial charge in [0.2, 0.25) is 0 Å². The van der Waals surface area contributed by atoms with Crippen molar-refractivity contribution >= 4 is 11.6 Å². The van der Waals surface area contributed by atoms with Gasteiger partial charge in [-0.3, -0.25) is 4.98 Å². The van der Waals surface area contributed by atoms with Crippen LogP contribution in [0.15, 0.2) is 12.1 Å². The van der Waals surface area contributed by atoms with E-state index in [1.165, 1.54) is 0 Å². The van der Waals surface area contributed by atoms with Gasteiger partial charge < -0.3 is 5.32 Å². The maximum absolute atomic E-state index is 4.52. The molecule has 0 saturated heterocycles. The lowest BCUT2D eigenvalue weighted by Crippen LogP contribution is -2.05. The summed E-state index contributed by atoms with van der Waals surface area (Å²) in [5.41, 5.74) is 4.87. The number of pyridine rings is 1. The molecule has 2 heterocycles. The normalized spacial score (nSPS) is 10.5. The summed E-state index contributed by atoms with van der Waals surface area (Å²) in [5.74, 6) is 1.62. The number of aromatic nitrogens is 3. The molecule has 0 radical (unpaired) electrons. The third-order valence-electron chi connectivity index (χ3n) is 2.95. The molecule has 0 unspecified atom stereocenters. The number of aryl methyl sites for hydroxylation is 5. The number of rotatable bonds is 2.